The molecule has 1 N–H and O–H groups in total. The summed E-state index contributed by atoms with van der Waals surface area (Å²) in [5.41, 5.74) is 4.83. The summed E-state index contributed by atoms with van der Waals surface area (Å²) in [6.45, 7) is 4.08. The Kier molecular flexibility index (Phi) is 4.75. The van der Waals surface area contributed by atoms with Gasteiger partial charge < -0.3 is 5.32 Å². The molecule has 166 valence electrons. The molecule has 0 radical (unpaired) electrons. The Labute approximate surface area is 187 Å². The first kappa shape index (κ1) is 19.5. The van der Waals surface area contributed by atoms with Crippen molar-refractivity contribution >= 4 is 22.5 Å². The molecule has 1 aliphatic carbocycles. The SMILES string of the molecule is CC(F)CN1CC2CCC(C1)C2Nc1ncc2c(-c3ccc4nccnc4c3)ccn2n1.[HH]. The summed E-state index contributed by atoms with van der Waals surface area (Å²) in [4.78, 5) is 15.7. The number of likely N-dealkylation sites (tertiary alicyclic amines) is 1. The number of hydrogen-bond acceptors (Lipinski definition) is 6. The maximum Gasteiger partial charge on any atom is 0.241 e. The number of anilines is 1. The second-order valence-electron chi connectivity index (χ2n) is 9.17. The molecule has 4 heterocycles. The summed E-state index contributed by atoms with van der Waals surface area (Å²) in [5, 5.41) is 8.34. The lowest BCUT2D eigenvalue weighted by Gasteiger charge is -2.38. The molecule has 2 aliphatic rings. The van der Waals surface area contributed by atoms with E-state index in [1.807, 2.05) is 29.0 Å². The highest BCUT2D eigenvalue weighted by Gasteiger charge is 2.42. The monoisotopic (exact) mass is 433 g/mol. The molecule has 6 rings (SSSR count). The number of nitrogens with one attached hydrogen (secondary N) is 1. The lowest BCUT2D eigenvalue weighted by atomic mass is 9.92. The van der Waals surface area contributed by atoms with Crippen molar-refractivity contribution in [3.8, 4) is 11.1 Å². The van der Waals surface area contributed by atoms with Gasteiger partial charge in [-0.1, -0.05) is 6.07 Å². The number of nitrogens with zero attached hydrogens (tertiary/aromatic N) is 6. The number of halogens is 1. The Morgan fingerprint density at radius 2 is 1.88 bits per heavy atom. The van der Waals surface area contributed by atoms with E-state index >= 15 is 0 Å². The molecule has 32 heavy (non-hydrogen) atoms. The molecule has 1 saturated heterocycles. The maximum absolute atomic E-state index is 13.5. The zero-order chi connectivity index (χ0) is 21.7. The maximum atomic E-state index is 13.5. The van der Waals surface area contributed by atoms with E-state index in [0.29, 0.717) is 30.4 Å². The number of alkyl halides is 1. The zero-order valence-corrected chi connectivity index (χ0v) is 18.0. The average molecular weight is 434 g/mol. The molecule has 1 saturated carbocycles. The topological polar surface area (TPSA) is 71.2 Å². The Bertz CT molecular complexity index is 1260. The highest BCUT2D eigenvalue weighted by Crippen LogP contribution is 2.38. The van der Waals surface area contributed by atoms with E-state index in [2.05, 4.69) is 37.3 Å². The Morgan fingerprint density at radius 1 is 1.09 bits per heavy atom. The summed E-state index contributed by atoms with van der Waals surface area (Å²) < 4.78 is 15.4. The van der Waals surface area contributed by atoms with Gasteiger partial charge in [-0.15, -0.1) is 5.10 Å². The van der Waals surface area contributed by atoms with Gasteiger partial charge in [-0.2, -0.15) is 0 Å². The summed E-state index contributed by atoms with van der Waals surface area (Å²) in [6, 6.07) is 8.51. The van der Waals surface area contributed by atoms with E-state index < -0.39 is 6.17 Å². The number of benzene rings is 1. The van der Waals surface area contributed by atoms with Gasteiger partial charge in [0.25, 0.3) is 0 Å². The van der Waals surface area contributed by atoms with Gasteiger partial charge in [0, 0.05) is 51.3 Å². The molecule has 8 heteroatoms. The minimum absolute atomic E-state index is 0. The van der Waals surface area contributed by atoms with Crippen LogP contribution < -0.4 is 5.32 Å². The third kappa shape index (κ3) is 3.48. The van der Waals surface area contributed by atoms with Crippen LogP contribution in [0.3, 0.4) is 0 Å². The van der Waals surface area contributed by atoms with Crippen molar-refractivity contribution in [2.75, 3.05) is 25.0 Å². The number of fused-ring (bicyclic) bond motifs is 4. The number of piperidine rings is 1. The van der Waals surface area contributed by atoms with Crippen LogP contribution in [-0.4, -0.2) is 61.3 Å². The van der Waals surface area contributed by atoms with Crippen LogP contribution >= 0.6 is 0 Å². The van der Waals surface area contributed by atoms with E-state index in [1.165, 1.54) is 12.8 Å². The first-order valence-electron chi connectivity index (χ1n) is 11.3. The molecule has 2 fully saturated rings. The van der Waals surface area contributed by atoms with Crippen LogP contribution in [0.2, 0.25) is 0 Å². The third-order valence-electron chi connectivity index (χ3n) is 6.91. The van der Waals surface area contributed by atoms with Crippen molar-refractivity contribution in [1.29, 1.82) is 0 Å². The molecule has 1 aliphatic heterocycles. The summed E-state index contributed by atoms with van der Waals surface area (Å²) in [6.07, 6.45) is 8.85. The fourth-order valence-electron chi connectivity index (χ4n) is 5.55. The fraction of sp³-hybridized carbons (Fsp3) is 0.417. The molecule has 1 aromatic carbocycles. The summed E-state index contributed by atoms with van der Waals surface area (Å²) >= 11 is 0. The van der Waals surface area contributed by atoms with E-state index in [1.54, 1.807) is 19.3 Å². The molecule has 0 spiro atoms. The lowest BCUT2D eigenvalue weighted by molar-refractivity contribution is 0.124. The molecule has 7 nitrogen and oxygen atoms in total. The Balaban J connectivity index is 0.00000228. The van der Waals surface area contributed by atoms with Crippen LogP contribution in [-0.2, 0) is 0 Å². The second kappa shape index (κ2) is 7.78. The predicted octanol–water partition coefficient (Wildman–Crippen LogP) is 4.07. The van der Waals surface area contributed by atoms with Gasteiger partial charge in [0.1, 0.15) is 6.17 Å². The van der Waals surface area contributed by atoms with Gasteiger partial charge in [-0.25, -0.2) is 13.9 Å². The van der Waals surface area contributed by atoms with Crippen molar-refractivity contribution in [3.05, 3.63) is 49.1 Å². The van der Waals surface area contributed by atoms with Gasteiger partial charge >= 0.3 is 0 Å². The fourth-order valence-corrected chi connectivity index (χ4v) is 5.55. The number of hydrogen-bond donors (Lipinski definition) is 1. The lowest BCUT2D eigenvalue weighted by Crippen LogP contribution is -2.49. The molecular formula is C24H28FN7. The van der Waals surface area contributed by atoms with Crippen molar-refractivity contribution in [2.24, 2.45) is 11.8 Å². The number of rotatable bonds is 5. The Morgan fingerprint density at radius 3 is 2.66 bits per heavy atom. The van der Waals surface area contributed by atoms with Crippen molar-refractivity contribution in [1.82, 2.24) is 29.5 Å². The van der Waals surface area contributed by atoms with Crippen molar-refractivity contribution in [3.63, 3.8) is 0 Å². The van der Waals surface area contributed by atoms with Gasteiger partial charge in [0.05, 0.1) is 22.7 Å². The molecule has 2 bridgehead atoms. The quantitative estimate of drug-likeness (QED) is 0.512. The summed E-state index contributed by atoms with van der Waals surface area (Å²) in [5.74, 6) is 1.69. The van der Waals surface area contributed by atoms with Crippen LogP contribution in [0, 0.1) is 11.8 Å². The van der Waals surface area contributed by atoms with Crippen LogP contribution in [0.15, 0.2) is 49.1 Å². The van der Waals surface area contributed by atoms with Gasteiger partial charge in [-0.05, 0) is 55.4 Å². The van der Waals surface area contributed by atoms with Crippen molar-refractivity contribution < 1.29 is 5.82 Å². The highest BCUT2D eigenvalue weighted by molar-refractivity contribution is 5.86. The molecule has 0 amide bonds. The van der Waals surface area contributed by atoms with E-state index in [-0.39, 0.29) is 1.43 Å². The third-order valence-corrected chi connectivity index (χ3v) is 6.91. The first-order valence-corrected chi connectivity index (χ1v) is 11.3. The molecule has 3 aromatic heterocycles. The highest BCUT2D eigenvalue weighted by atomic mass is 19.1. The smallest absolute Gasteiger partial charge is 0.241 e. The second-order valence-corrected chi connectivity index (χ2v) is 9.17. The standard InChI is InChI=1S/C24H26FN7.H2/c1-15(25)12-31-13-17-2-3-18(14-31)23(17)29-24-28-11-22-19(6-9-32(22)30-24)16-4-5-20-21(10-16)27-8-7-26-20;/h4-11,15,17-18,23H,2-3,12-14H2,1H3,(H,29,30);1H. The van der Waals surface area contributed by atoms with E-state index in [4.69, 9.17) is 5.10 Å². The molecule has 3 unspecified atom stereocenters. The van der Waals surface area contributed by atoms with Crippen LogP contribution in [0.5, 0.6) is 0 Å². The van der Waals surface area contributed by atoms with Gasteiger partial charge in [0.15, 0.2) is 0 Å². The molecular weight excluding hydrogens is 405 g/mol. The van der Waals surface area contributed by atoms with Crippen LogP contribution in [0.25, 0.3) is 27.7 Å². The average Bonchev–Trinajstić information content (AvgIpc) is 3.30. The van der Waals surface area contributed by atoms with Crippen molar-refractivity contribution in [2.45, 2.75) is 32.0 Å². The predicted molar refractivity (Wildman–Crippen MR) is 124 cm³/mol. The molecule has 4 aromatic rings. The van der Waals surface area contributed by atoms with Gasteiger partial charge in [-0.3, -0.25) is 14.9 Å². The largest absolute Gasteiger partial charge is 0.350 e. The van der Waals surface area contributed by atoms with E-state index in [0.717, 1.165) is 40.8 Å². The minimum Gasteiger partial charge on any atom is -0.350 e. The normalized spacial score (nSPS) is 24.2. The molecule has 3 atom stereocenters. The minimum atomic E-state index is -0.776. The van der Waals surface area contributed by atoms with Crippen LogP contribution in [0.4, 0.5) is 10.3 Å². The van der Waals surface area contributed by atoms with Crippen LogP contribution in [0.1, 0.15) is 21.2 Å². The first-order chi connectivity index (χ1) is 15.6. The Hall–Kier alpha value is -3.13. The van der Waals surface area contributed by atoms with Gasteiger partial charge in [0.2, 0.25) is 5.95 Å². The van der Waals surface area contributed by atoms with E-state index in [9.17, 15) is 4.39 Å². The zero-order valence-electron chi connectivity index (χ0n) is 18.0. The summed E-state index contributed by atoms with van der Waals surface area (Å²) in [7, 11) is 0. The number of aromatic nitrogens is 5.